The van der Waals surface area contributed by atoms with Crippen LogP contribution in [0.1, 0.15) is 47.2 Å². The first kappa shape index (κ1) is 22.7. The van der Waals surface area contributed by atoms with Crippen LogP contribution >= 0.6 is 0 Å². The molecule has 4 heterocycles. The third-order valence-corrected chi connectivity index (χ3v) is 7.22. The number of carbonyl (C=O) groups is 2. The summed E-state index contributed by atoms with van der Waals surface area (Å²) in [5.74, 6) is 1.57. The second kappa shape index (κ2) is 8.92. The Kier molecular flexibility index (Phi) is 5.95. The molecule has 0 radical (unpaired) electrons. The van der Waals surface area contributed by atoms with E-state index in [4.69, 9.17) is 0 Å². The highest BCUT2D eigenvalue weighted by molar-refractivity contribution is 5.94. The van der Waals surface area contributed by atoms with Crippen molar-refractivity contribution in [2.24, 2.45) is 11.8 Å². The molecule has 2 bridgehead atoms. The number of amides is 2. The Bertz CT molecular complexity index is 1070. The molecule has 6 nitrogen and oxygen atoms in total. The van der Waals surface area contributed by atoms with Crippen molar-refractivity contribution in [3.05, 3.63) is 59.3 Å². The van der Waals surface area contributed by atoms with E-state index >= 15 is 0 Å². The maximum absolute atomic E-state index is 12.9. The number of halogens is 3. The summed E-state index contributed by atoms with van der Waals surface area (Å²) in [4.78, 5) is 33.7. The van der Waals surface area contributed by atoms with Crippen LogP contribution < -0.4 is 10.2 Å². The van der Waals surface area contributed by atoms with Crippen molar-refractivity contribution in [2.45, 2.75) is 44.4 Å². The molecule has 2 amide bonds. The number of hydrogen-bond donors (Lipinski definition) is 1. The number of anilines is 1. The zero-order valence-electron chi connectivity index (χ0n) is 18.7. The summed E-state index contributed by atoms with van der Waals surface area (Å²) in [5, 5.41) is 2.66. The van der Waals surface area contributed by atoms with Crippen LogP contribution in [0.4, 0.5) is 19.0 Å². The molecule has 3 aliphatic rings. The molecule has 1 aromatic heterocycles. The maximum Gasteiger partial charge on any atom is 0.416 e. The summed E-state index contributed by atoms with van der Waals surface area (Å²) >= 11 is 0. The van der Waals surface area contributed by atoms with Crippen LogP contribution in [-0.4, -0.2) is 47.4 Å². The molecule has 0 spiro atoms. The van der Waals surface area contributed by atoms with Gasteiger partial charge in [-0.2, -0.15) is 13.2 Å². The second-order valence-corrected chi connectivity index (χ2v) is 9.56. The lowest BCUT2D eigenvalue weighted by Gasteiger charge is -2.52. The molecule has 3 saturated heterocycles. The van der Waals surface area contributed by atoms with E-state index in [1.54, 1.807) is 12.1 Å². The van der Waals surface area contributed by atoms with Crippen molar-refractivity contribution < 1.29 is 22.8 Å². The van der Waals surface area contributed by atoms with Gasteiger partial charge in [-0.05, 0) is 60.9 Å². The van der Waals surface area contributed by atoms with Crippen LogP contribution in [0.3, 0.4) is 0 Å². The van der Waals surface area contributed by atoms with E-state index in [2.05, 4.69) is 20.1 Å². The predicted octanol–water partition coefficient (Wildman–Crippen LogP) is 3.87. The molecule has 34 heavy (non-hydrogen) atoms. The molecule has 3 fully saturated rings. The summed E-state index contributed by atoms with van der Waals surface area (Å²) in [6.45, 7) is 2.49. The zero-order valence-corrected chi connectivity index (χ0v) is 18.7. The molecule has 180 valence electrons. The van der Waals surface area contributed by atoms with Gasteiger partial charge in [0.2, 0.25) is 5.91 Å². The van der Waals surface area contributed by atoms with Gasteiger partial charge in [0, 0.05) is 44.8 Å². The highest BCUT2D eigenvalue weighted by Gasteiger charge is 2.44. The van der Waals surface area contributed by atoms with Crippen LogP contribution in [0.15, 0.2) is 42.6 Å². The quantitative estimate of drug-likeness (QED) is 0.734. The number of fused-ring (bicyclic) bond motifs is 4. The molecule has 1 N–H and O–H groups in total. The van der Waals surface area contributed by atoms with Crippen molar-refractivity contribution in [3.8, 4) is 0 Å². The number of benzene rings is 1. The van der Waals surface area contributed by atoms with E-state index in [0.29, 0.717) is 35.4 Å². The van der Waals surface area contributed by atoms with Gasteiger partial charge in [-0.25, -0.2) is 4.98 Å². The van der Waals surface area contributed by atoms with Gasteiger partial charge in [0.1, 0.15) is 5.82 Å². The number of rotatable bonds is 4. The fourth-order valence-corrected chi connectivity index (χ4v) is 5.65. The first-order valence-electron chi connectivity index (χ1n) is 11.7. The van der Waals surface area contributed by atoms with E-state index in [-0.39, 0.29) is 18.4 Å². The topological polar surface area (TPSA) is 65.5 Å². The summed E-state index contributed by atoms with van der Waals surface area (Å²) in [5.41, 5.74) is -0.00267. The number of hydrogen-bond acceptors (Lipinski definition) is 4. The average Bonchev–Trinajstić information content (AvgIpc) is 2.83. The molecule has 2 aromatic rings. The maximum atomic E-state index is 12.9. The predicted molar refractivity (Wildman–Crippen MR) is 120 cm³/mol. The highest BCUT2D eigenvalue weighted by atomic mass is 19.4. The standard InChI is InChI=1S/C25H27F3N4O2/c26-25(27,28)20-4-1-3-16(10-20)11-30-24(34)18-7-8-22(29-12-18)31-13-17-9-19(15-31)21-5-2-6-23(33)32(21)14-17/h1,3-4,7-8,10,12,17,19,21H,2,5-6,9,11,13-15H2,(H,30,34)/t17-,19-,21-/m1/s1. The number of pyridine rings is 1. The number of alkyl halides is 3. The number of nitrogens with zero attached hydrogens (tertiary/aromatic N) is 3. The van der Waals surface area contributed by atoms with Crippen LogP contribution in [-0.2, 0) is 17.5 Å². The number of carbonyl (C=O) groups excluding carboxylic acids is 2. The van der Waals surface area contributed by atoms with Crippen molar-refractivity contribution in [3.63, 3.8) is 0 Å². The van der Waals surface area contributed by atoms with Gasteiger partial charge in [0.05, 0.1) is 11.1 Å². The summed E-state index contributed by atoms with van der Waals surface area (Å²) in [6.07, 6.45) is 0.924. The average molecular weight is 473 g/mol. The molecule has 0 saturated carbocycles. The van der Waals surface area contributed by atoms with Crippen LogP contribution in [0.5, 0.6) is 0 Å². The Morgan fingerprint density at radius 1 is 1.15 bits per heavy atom. The van der Waals surface area contributed by atoms with Gasteiger partial charge >= 0.3 is 6.18 Å². The Labute approximate surface area is 196 Å². The Morgan fingerprint density at radius 2 is 2.00 bits per heavy atom. The van der Waals surface area contributed by atoms with Crippen molar-refractivity contribution >= 4 is 17.6 Å². The Hall–Kier alpha value is -3.10. The van der Waals surface area contributed by atoms with Gasteiger partial charge in [0.15, 0.2) is 0 Å². The zero-order chi connectivity index (χ0) is 23.9. The molecule has 3 atom stereocenters. The number of piperidine rings is 3. The fourth-order valence-electron chi connectivity index (χ4n) is 5.65. The lowest BCUT2D eigenvalue weighted by atomic mass is 9.76. The molecular formula is C25H27F3N4O2. The van der Waals surface area contributed by atoms with Gasteiger partial charge in [-0.15, -0.1) is 0 Å². The smallest absolute Gasteiger partial charge is 0.356 e. The fraction of sp³-hybridized carbons (Fsp3) is 0.480. The third kappa shape index (κ3) is 4.60. The summed E-state index contributed by atoms with van der Waals surface area (Å²) in [7, 11) is 0. The first-order valence-corrected chi connectivity index (χ1v) is 11.7. The first-order chi connectivity index (χ1) is 16.3. The highest BCUT2D eigenvalue weighted by Crippen LogP contribution is 2.39. The lowest BCUT2D eigenvalue weighted by molar-refractivity contribution is -0.142. The molecule has 1 aromatic carbocycles. The minimum atomic E-state index is -4.42. The minimum Gasteiger partial charge on any atom is -0.356 e. The van der Waals surface area contributed by atoms with Crippen molar-refractivity contribution in [1.82, 2.24) is 15.2 Å². The van der Waals surface area contributed by atoms with Crippen LogP contribution in [0.2, 0.25) is 0 Å². The Balaban J connectivity index is 1.20. The van der Waals surface area contributed by atoms with Gasteiger partial charge in [-0.1, -0.05) is 12.1 Å². The van der Waals surface area contributed by atoms with E-state index in [0.717, 1.165) is 56.8 Å². The van der Waals surface area contributed by atoms with Gasteiger partial charge in [-0.3, -0.25) is 9.59 Å². The molecule has 3 aliphatic heterocycles. The van der Waals surface area contributed by atoms with E-state index in [1.807, 2.05) is 6.07 Å². The summed E-state index contributed by atoms with van der Waals surface area (Å²) in [6, 6.07) is 8.76. The van der Waals surface area contributed by atoms with Gasteiger partial charge < -0.3 is 15.1 Å². The van der Waals surface area contributed by atoms with Crippen LogP contribution in [0.25, 0.3) is 0 Å². The molecule has 0 aliphatic carbocycles. The van der Waals surface area contributed by atoms with Crippen LogP contribution in [0, 0.1) is 11.8 Å². The van der Waals surface area contributed by atoms with Crippen molar-refractivity contribution in [2.75, 3.05) is 24.5 Å². The third-order valence-electron chi connectivity index (χ3n) is 7.22. The van der Waals surface area contributed by atoms with Crippen molar-refractivity contribution in [1.29, 1.82) is 0 Å². The molecule has 5 rings (SSSR count). The largest absolute Gasteiger partial charge is 0.416 e. The number of nitrogens with one attached hydrogen (secondary N) is 1. The van der Waals surface area contributed by atoms with E-state index in [9.17, 15) is 22.8 Å². The van der Waals surface area contributed by atoms with E-state index < -0.39 is 11.7 Å². The minimum absolute atomic E-state index is 0.00337. The molecule has 0 unspecified atom stereocenters. The molecule has 9 heteroatoms. The van der Waals surface area contributed by atoms with E-state index in [1.165, 1.54) is 12.3 Å². The Morgan fingerprint density at radius 3 is 2.76 bits per heavy atom. The normalized spacial score (nSPS) is 24.6. The lowest BCUT2D eigenvalue weighted by Crippen LogP contribution is -2.60. The number of aromatic nitrogens is 1. The monoisotopic (exact) mass is 472 g/mol. The second-order valence-electron chi connectivity index (χ2n) is 9.56. The van der Waals surface area contributed by atoms with Gasteiger partial charge in [0.25, 0.3) is 5.91 Å². The molecular weight excluding hydrogens is 445 g/mol. The summed E-state index contributed by atoms with van der Waals surface area (Å²) < 4.78 is 38.6. The SMILES string of the molecule is O=C(NCc1cccc(C(F)(F)F)c1)c1ccc(N2C[C@H]3C[C@H](C2)[C@H]2CCCC(=O)N2C3)nc1.